The number of aromatic nitrogens is 3. The standard InChI is InChI=1S/C14H21N5O/c1-3-11(15)14(12-5-4-10(2)20-12)18-6-7-19-9-16-17-13(19)8-18/h4-5,9,11,14H,3,6-8,15H2,1-2H3. The molecule has 0 amide bonds. The zero-order valence-corrected chi connectivity index (χ0v) is 12.0. The van der Waals surface area contributed by atoms with E-state index in [4.69, 9.17) is 10.2 Å². The minimum absolute atomic E-state index is 0.0509. The lowest BCUT2D eigenvalue weighted by Gasteiger charge is -2.36. The fourth-order valence-corrected chi connectivity index (χ4v) is 2.82. The number of nitrogens with zero attached hydrogens (tertiary/aromatic N) is 4. The lowest BCUT2D eigenvalue weighted by atomic mass is 10.0. The van der Waals surface area contributed by atoms with Gasteiger partial charge in [-0.3, -0.25) is 4.90 Å². The summed E-state index contributed by atoms with van der Waals surface area (Å²) in [5.74, 6) is 2.87. The van der Waals surface area contributed by atoms with E-state index in [2.05, 4.69) is 26.6 Å². The molecular weight excluding hydrogens is 254 g/mol. The third kappa shape index (κ3) is 2.36. The van der Waals surface area contributed by atoms with Crippen molar-refractivity contribution in [2.45, 2.75) is 45.4 Å². The molecule has 0 bridgehead atoms. The molecule has 0 fully saturated rings. The van der Waals surface area contributed by atoms with Crippen LogP contribution in [0, 0.1) is 6.92 Å². The number of hydrogen-bond donors (Lipinski definition) is 1. The van der Waals surface area contributed by atoms with Crippen LogP contribution in [0.5, 0.6) is 0 Å². The van der Waals surface area contributed by atoms with Crippen LogP contribution in [-0.4, -0.2) is 32.3 Å². The van der Waals surface area contributed by atoms with Gasteiger partial charge in [0.15, 0.2) is 0 Å². The van der Waals surface area contributed by atoms with Crippen LogP contribution in [0.3, 0.4) is 0 Å². The van der Waals surface area contributed by atoms with Gasteiger partial charge in [-0.2, -0.15) is 0 Å². The van der Waals surface area contributed by atoms with Crippen molar-refractivity contribution in [1.29, 1.82) is 0 Å². The third-order valence-electron chi connectivity index (χ3n) is 3.99. The molecular formula is C14H21N5O. The summed E-state index contributed by atoms with van der Waals surface area (Å²) in [6, 6.07) is 4.18. The highest BCUT2D eigenvalue weighted by atomic mass is 16.3. The van der Waals surface area contributed by atoms with Gasteiger partial charge in [-0.25, -0.2) is 0 Å². The number of furan rings is 1. The van der Waals surface area contributed by atoms with Crippen molar-refractivity contribution in [3.63, 3.8) is 0 Å². The van der Waals surface area contributed by atoms with Crippen molar-refractivity contribution < 1.29 is 4.42 Å². The molecule has 0 spiro atoms. The summed E-state index contributed by atoms with van der Waals surface area (Å²) in [5, 5.41) is 8.14. The quantitative estimate of drug-likeness (QED) is 0.914. The maximum absolute atomic E-state index is 6.34. The van der Waals surface area contributed by atoms with Crippen molar-refractivity contribution in [2.24, 2.45) is 5.73 Å². The average molecular weight is 275 g/mol. The normalized spacial score (nSPS) is 18.8. The molecule has 3 rings (SSSR count). The fraction of sp³-hybridized carbons (Fsp3) is 0.571. The Balaban J connectivity index is 1.87. The molecule has 20 heavy (non-hydrogen) atoms. The highest BCUT2D eigenvalue weighted by Crippen LogP contribution is 2.29. The summed E-state index contributed by atoms with van der Waals surface area (Å²) in [6.07, 6.45) is 2.70. The van der Waals surface area contributed by atoms with Crippen LogP contribution >= 0.6 is 0 Å². The van der Waals surface area contributed by atoms with E-state index in [1.165, 1.54) is 0 Å². The monoisotopic (exact) mass is 275 g/mol. The van der Waals surface area contributed by atoms with Gasteiger partial charge < -0.3 is 14.7 Å². The van der Waals surface area contributed by atoms with Crippen LogP contribution in [0.2, 0.25) is 0 Å². The molecule has 0 aromatic carbocycles. The summed E-state index contributed by atoms with van der Waals surface area (Å²) in [6.45, 7) is 6.67. The van der Waals surface area contributed by atoms with E-state index >= 15 is 0 Å². The molecule has 2 atom stereocenters. The Bertz CT molecular complexity index is 576. The van der Waals surface area contributed by atoms with Gasteiger partial charge in [0.2, 0.25) is 0 Å². The summed E-state index contributed by atoms with van der Waals surface area (Å²) in [5.41, 5.74) is 6.34. The maximum atomic E-state index is 6.34. The minimum Gasteiger partial charge on any atom is -0.465 e. The van der Waals surface area contributed by atoms with E-state index in [0.29, 0.717) is 0 Å². The summed E-state index contributed by atoms with van der Waals surface area (Å²) in [7, 11) is 0. The van der Waals surface area contributed by atoms with Crippen molar-refractivity contribution in [2.75, 3.05) is 6.54 Å². The van der Waals surface area contributed by atoms with Crippen molar-refractivity contribution in [3.8, 4) is 0 Å². The van der Waals surface area contributed by atoms with Crippen LogP contribution in [-0.2, 0) is 13.1 Å². The number of rotatable bonds is 4. The second-order valence-corrected chi connectivity index (χ2v) is 5.38. The maximum Gasteiger partial charge on any atom is 0.147 e. The largest absolute Gasteiger partial charge is 0.465 e. The van der Waals surface area contributed by atoms with Crippen LogP contribution in [0.15, 0.2) is 22.9 Å². The molecule has 0 aliphatic carbocycles. The van der Waals surface area contributed by atoms with Crippen LogP contribution < -0.4 is 5.73 Å². The third-order valence-corrected chi connectivity index (χ3v) is 3.99. The first-order valence-corrected chi connectivity index (χ1v) is 7.11. The molecule has 6 heteroatoms. The Kier molecular flexibility index (Phi) is 3.58. The molecule has 1 aliphatic heterocycles. The van der Waals surface area contributed by atoms with Crippen molar-refractivity contribution in [1.82, 2.24) is 19.7 Å². The molecule has 2 N–H and O–H groups in total. The minimum atomic E-state index is 0.0509. The van der Waals surface area contributed by atoms with Crippen LogP contribution in [0.4, 0.5) is 0 Å². The van der Waals surface area contributed by atoms with E-state index in [0.717, 1.165) is 43.4 Å². The Morgan fingerprint density at radius 3 is 2.95 bits per heavy atom. The summed E-state index contributed by atoms with van der Waals surface area (Å²) >= 11 is 0. The van der Waals surface area contributed by atoms with E-state index in [9.17, 15) is 0 Å². The van der Waals surface area contributed by atoms with Crippen LogP contribution in [0.1, 0.15) is 36.7 Å². The second kappa shape index (κ2) is 5.38. The Hall–Kier alpha value is -1.66. The first-order valence-electron chi connectivity index (χ1n) is 7.11. The Labute approximate surface area is 118 Å². The van der Waals surface area contributed by atoms with Gasteiger partial charge in [-0.15, -0.1) is 10.2 Å². The molecule has 1 aliphatic rings. The molecule has 2 unspecified atom stereocenters. The van der Waals surface area contributed by atoms with Gasteiger partial charge >= 0.3 is 0 Å². The number of fused-ring (bicyclic) bond motifs is 1. The average Bonchev–Trinajstić information content (AvgIpc) is 3.07. The van der Waals surface area contributed by atoms with E-state index in [1.54, 1.807) is 6.33 Å². The topological polar surface area (TPSA) is 73.1 Å². The lowest BCUT2D eigenvalue weighted by molar-refractivity contribution is 0.113. The zero-order chi connectivity index (χ0) is 14.1. The fourth-order valence-electron chi connectivity index (χ4n) is 2.82. The predicted octanol–water partition coefficient (Wildman–Crippen LogP) is 1.47. The highest BCUT2D eigenvalue weighted by molar-refractivity contribution is 5.13. The lowest BCUT2D eigenvalue weighted by Crippen LogP contribution is -2.44. The second-order valence-electron chi connectivity index (χ2n) is 5.38. The van der Waals surface area contributed by atoms with Crippen LogP contribution in [0.25, 0.3) is 0 Å². The Morgan fingerprint density at radius 1 is 1.40 bits per heavy atom. The molecule has 0 radical (unpaired) electrons. The molecule has 108 valence electrons. The molecule has 0 saturated carbocycles. The molecule has 2 aromatic heterocycles. The highest BCUT2D eigenvalue weighted by Gasteiger charge is 2.31. The SMILES string of the molecule is CCC(N)C(c1ccc(C)o1)N1CCn2cnnc2C1. The van der Waals surface area contributed by atoms with E-state index in [1.807, 2.05) is 19.1 Å². The molecule has 6 nitrogen and oxygen atoms in total. The number of hydrogen-bond acceptors (Lipinski definition) is 5. The van der Waals surface area contributed by atoms with E-state index < -0.39 is 0 Å². The van der Waals surface area contributed by atoms with Gasteiger partial charge in [0.1, 0.15) is 23.7 Å². The first-order chi connectivity index (χ1) is 9.69. The molecule has 0 saturated heterocycles. The first kappa shape index (κ1) is 13.3. The smallest absolute Gasteiger partial charge is 0.147 e. The van der Waals surface area contributed by atoms with Gasteiger partial charge in [-0.1, -0.05) is 6.92 Å². The molecule has 3 heterocycles. The van der Waals surface area contributed by atoms with Gasteiger partial charge in [0, 0.05) is 19.1 Å². The van der Waals surface area contributed by atoms with Gasteiger partial charge in [0.25, 0.3) is 0 Å². The summed E-state index contributed by atoms with van der Waals surface area (Å²) < 4.78 is 7.92. The predicted molar refractivity (Wildman–Crippen MR) is 74.9 cm³/mol. The zero-order valence-electron chi connectivity index (χ0n) is 12.0. The number of aryl methyl sites for hydroxylation is 1. The van der Waals surface area contributed by atoms with E-state index in [-0.39, 0.29) is 12.1 Å². The van der Waals surface area contributed by atoms with Crippen molar-refractivity contribution in [3.05, 3.63) is 35.8 Å². The molecule has 2 aromatic rings. The Morgan fingerprint density at radius 2 is 2.25 bits per heavy atom. The van der Waals surface area contributed by atoms with Gasteiger partial charge in [0.05, 0.1) is 12.6 Å². The van der Waals surface area contributed by atoms with Gasteiger partial charge in [-0.05, 0) is 25.5 Å². The number of nitrogens with two attached hydrogens (primary N) is 1. The van der Waals surface area contributed by atoms with Crippen molar-refractivity contribution >= 4 is 0 Å². The summed E-state index contributed by atoms with van der Waals surface area (Å²) in [4.78, 5) is 2.34.